The number of rotatable bonds is 2. The van der Waals surface area contributed by atoms with Crippen molar-refractivity contribution in [1.29, 1.82) is 0 Å². The molecule has 2 N–H and O–H groups in total. The highest BCUT2D eigenvalue weighted by molar-refractivity contribution is 5.90. The van der Waals surface area contributed by atoms with Gasteiger partial charge in [-0.05, 0) is 31.4 Å². The number of nitrogens with one attached hydrogen (secondary N) is 2. The van der Waals surface area contributed by atoms with E-state index in [0.29, 0.717) is 6.42 Å². The summed E-state index contributed by atoms with van der Waals surface area (Å²) in [7, 11) is 0. The number of fused-ring (bicyclic) bond motifs is 1. The molecule has 1 fully saturated rings. The highest BCUT2D eigenvalue weighted by Gasteiger charge is 2.42. The second-order valence-electron chi connectivity index (χ2n) is 5.38. The molecule has 1 aliphatic rings. The van der Waals surface area contributed by atoms with E-state index in [1.807, 2.05) is 18.2 Å². The number of benzene rings is 1. The van der Waals surface area contributed by atoms with Gasteiger partial charge in [-0.15, -0.1) is 0 Å². The van der Waals surface area contributed by atoms with E-state index in [4.69, 9.17) is 0 Å². The van der Waals surface area contributed by atoms with Gasteiger partial charge in [-0.3, -0.25) is 5.10 Å². The van der Waals surface area contributed by atoms with E-state index in [0.717, 1.165) is 23.0 Å². The van der Waals surface area contributed by atoms with Crippen LogP contribution in [-0.4, -0.2) is 22.4 Å². The molecule has 0 amide bonds. The van der Waals surface area contributed by atoms with Gasteiger partial charge >= 0.3 is 6.18 Å². The molecule has 1 aliphatic carbocycles. The number of aromatic nitrogens is 2. The summed E-state index contributed by atoms with van der Waals surface area (Å²) in [5.41, 5.74) is 1.74. The SMILES string of the molecule is FC(F)(F)C1CCCC(Nc2cccc3[nH]ncc23)C1. The molecule has 2 unspecified atom stereocenters. The van der Waals surface area contributed by atoms with Crippen molar-refractivity contribution in [1.82, 2.24) is 10.2 Å². The number of alkyl halides is 3. The van der Waals surface area contributed by atoms with E-state index in [1.54, 1.807) is 6.20 Å². The predicted molar refractivity (Wildman–Crippen MR) is 71.5 cm³/mol. The minimum Gasteiger partial charge on any atom is -0.382 e. The molecular formula is C14H16F3N3. The van der Waals surface area contributed by atoms with Gasteiger partial charge in [-0.1, -0.05) is 12.5 Å². The van der Waals surface area contributed by atoms with Gasteiger partial charge in [0.2, 0.25) is 0 Å². The Balaban J connectivity index is 1.76. The summed E-state index contributed by atoms with van der Waals surface area (Å²) < 4.78 is 38.4. The molecule has 2 aromatic rings. The van der Waals surface area contributed by atoms with Gasteiger partial charge in [-0.2, -0.15) is 18.3 Å². The topological polar surface area (TPSA) is 40.7 Å². The molecule has 2 atom stereocenters. The zero-order valence-electron chi connectivity index (χ0n) is 10.9. The molecule has 0 bridgehead atoms. The predicted octanol–water partition coefficient (Wildman–Crippen LogP) is 4.10. The lowest BCUT2D eigenvalue weighted by molar-refractivity contribution is -0.182. The minimum absolute atomic E-state index is 0.129. The van der Waals surface area contributed by atoms with Crippen LogP contribution in [0.25, 0.3) is 10.9 Å². The third kappa shape index (κ3) is 2.59. The normalized spacial score (nSPS) is 23.9. The third-order valence-corrected chi connectivity index (χ3v) is 3.98. The first-order chi connectivity index (χ1) is 9.54. The van der Waals surface area contributed by atoms with E-state index in [2.05, 4.69) is 15.5 Å². The maximum Gasteiger partial charge on any atom is 0.391 e. The summed E-state index contributed by atoms with van der Waals surface area (Å²) in [6.45, 7) is 0. The van der Waals surface area contributed by atoms with Gasteiger partial charge in [0.15, 0.2) is 0 Å². The number of nitrogens with zero attached hydrogens (tertiary/aromatic N) is 1. The van der Waals surface area contributed by atoms with Gasteiger partial charge < -0.3 is 5.32 Å². The molecule has 3 rings (SSSR count). The second-order valence-corrected chi connectivity index (χ2v) is 5.38. The smallest absolute Gasteiger partial charge is 0.382 e. The van der Waals surface area contributed by atoms with E-state index in [1.165, 1.54) is 0 Å². The summed E-state index contributed by atoms with van der Waals surface area (Å²) in [5, 5.41) is 11.0. The van der Waals surface area contributed by atoms with Gasteiger partial charge in [0.1, 0.15) is 0 Å². The van der Waals surface area contributed by atoms with Crippen molar-refractivity contribution in [2.45, 2.75) is 37.9 Å². The molecular weight excluding hydrogens is 267 g/mol. The second kappa shape index (κ2) is 5.00. The number of H-pyrrole nitrogens is 1. The highest BCUT2D eigenvalue weighted by Crippen LogP contribution is 2.38. The lowest BCUT2D eigenvalue weighted by Gasteiger charge is -2.31. The Hall–Kier alpha value is -1.72. The lowest BCUT2D eigenvalue weighted by atomic mass is 9.85. The van der Waals surface area contributed by atoms with Gasteiger partial charge in [0, 0.05) is 17.1 Å². The standard InChI is InChI=1S/C14H16F3N3/c15-14(16,17)9-3-1-4-10(7-9)19-12-5-2-6-13-11(12)8-18-20-13/h2,5-6,8-10,19H,1,3-4,7H2,(H,18,20). The fourth-order valence-corrected chi connectivity index (χ4v) is 2.93. The largest absolute Gasteiger partial charge is 0.391 e. The molecule has 108 valence electrons. The molecule has 1 heterocycles. The summed E-state index contributed by atoms with van der Waals surface area (Å²) in [4.78, 5) is 0. The van der Waals surface area contributed by atoms with Crippen LogP contribution in [0.2, 0.25) is 0 Å². The molecule has 0 aliphatic heterocycles. The molecule has 3 nitrogen and oxygen atoms in total. The first-order valence-corrected chi connectivity index (χ1v) is 6.79. The van der Waals surface area contributed by atoms with Crippen LogP contribution in [0.3, 0.4) is 0 Å². The minimum atomic E-state index is -4.08. The molecule has 0 saturated heterocycles. The van der Waals surface area contributed by atoms with Crippen molar-refractivity contribution in [2.75, 3.05) is 5.32 Å². The fraction of sp³-hybridized carbons (Fsp3) is 0.500. The highest BCUT2D eigenvalue weighted by atomic mass is 19.4. The number of halogens is 3. The number of hydrogen-bond donors (Lipinski definition) is 2. The van der Waals surface area contributed by atoms with Crippen LogP contribution < -0.4 is 5.32 Å². The van der Waals surface area contributed by atoms with E-state index < -0.39 is 12.1 Å². The molecule has 0 spiro atoms. The quantitative estimate of drug-likeness (QED) is 0.871. The van der Waals surface area contributed by atoms with Crippen LogP contribution in [0, 0.1) is 5.92 Å². The van der Waals surface area contributed by atoms with Crippen molar-refractivity contribution >= 4 is 16.6 Å². The number of aromatic amines is 1. The Labute approximate surface area is 114 Å². The molecule has 1 aromatic carbocycles. The van der Waals surface area contributed by atoms with Crippen molar-refractivity contribution in [3.8, 4) is 0 Å². The van der Waals surface area contributed by atoms with Gasteiger partial charge in [-0.25, -0.2) is 0 Å². The molecule has 0 radical (unpaired) electrons. The van der Waals surface area contributed by atoms with E-state index in [-0.39, 0.29) is 18.9 Å². The molecule has 6 heteroatoms. The van der Waals surface area contributed by atoms with Crippen molar-refractivity contribution in [3.05, 3.63) is 24.4 Å². The van der Waals surface area contributed by atoms with Crippen LogP contribution in [0.5, 0.6) is 0 Å². The molecule has 20 heavy (non-hydrogen) atoms. The van der Waals surface area contributed by atoms with Crippen LogP contribution in [-0.2, 0) is 0 Å². The van der Waals surface area contributed by atoms with E-state index >= 15 is 0 Å². The average Bonchev–Trinajstić information content (AvgIpc) is 2.87. The van der Waals surface area contributed by atoms with Crippen molar-refractivity contribution in [2.24, 2.45) is 5.92 Å². The Kier molecular flexibility index (Phi) is 3.31. The van der Waals surface area contributed by atoms with Crippen LogP contribution in [0.1, 0.15) is 25.7 Å². The molecule has 1 saturated carbocycles. The zero-order valence-corrected chi connectivity index (χ0v) is 10.9. The van der Waals surface area contributed by atoms with Crippen LogP contribution in [0.4, 0.5) is 18.9 Å². The maximum atomic E-state index is 12.8. The first kappa shape index (κ1) is 13.3. The Morgan fingerprint density at radius 2 is 2.10 bits per heavy atom. The summed E-state index contributed by atoms with van der Waals surface area (Å²) in [6.07, 6.45) is -0.594. The van der Waals surface area contributed by atoms with Gasteiger partial charge in [0.25, 0.3) is 0 Å². The summed E-state index contributed by atoms with van der Waals surface area (Å²) in [5.74, 6) is -1.18. The number of hydrogen-bond acceptors (Lipinski definition) is 2. The van der Waals surface area contributed by atoms with Crippen molar-refractivity contribution in [3.63, 3.8) is 0 Å². The third-order valence-electron chi connectivity index (χ3n) is 3.98. The van der Waals surface area contributed by atoms with Crippen molar-refractivity contribution < 1.29 is 13.2 Å². The Morgan fingerprint density at radius 3 is 2.90 bits per heavy atom. The molecule has 1 aromatic heterocycles. The average molecular weight is 283 g/mol. The first-order valence-electron chi connectivity index (χ1n) is 6.79. The summed E-state index contributed by atoms with van der Waals surface area (Å²) >= 11 is 0. The monoisotopic (exact) mass is 283 g/mol. The Bertz CT molecular complexity index is 591. The maximum absolute atomic E-state index is 12.8. The summed E-state index contributed by atoms with van der Waals surface area (Å²) in [6, 6.07) is 5.52. The van der Waals surface area contributed by atoms with Crippen LogP contribution in [0.15, 0.2) is 24.4 Å². The lowest BCUT2D eigenvalue weighted by Crippen LogP contribution is -2.34. The zero-order chi connectivity index (χ0) is 14.2. The van der Waals surface area contributed by atoms with Gasteiger partial charge in [0.05, 0.1) is 17.6 Å². The fourth-order valence-electron chi connectivity index (χ4n) is 2.93. The number of anilines is 1. The van der Waals surface area contributed by atoms with E-state index in [9.17, 15) is 13.2 Å². The van der Waals surface area contributed by atoms with Crippen LogP contribution >= 0.6 is 0 Å². The Morgan fingerprint density at radius 1 is 1.25 bits per heavy atom.